The Kier molecular flexibility index (Phi) is 5.99. The molecule has 6 heteroatoms. The van der Waals surface area contributed by atoms with Gasteiger partial charge in [-0.1, -0.05) is 12.1 Å². The molecule has 3 rings (SSSR count). The van der Waals surface area contributed by atoms with Crippen molar-refractivity contribution in [1.29, 1.82) is 0 Å². The van der Waals surface area contributed by atoms with Gasteiger partial charge in [0.05, 0.1) is 6.61 Å². The highest BCUT2D eigenvalue weighted by Crippen LogP contribution is 2.28. The Morgan fingerprint density at radius 3 is 2.65 bits per heavy atom. The monoisotopic (exact) mass is 365 g/mol. The molecule has 5 nitrogen and oxygen atoms in total. The summed E-state index contributed by atoms with van der Waals surface area (Å²) < 4.78 is 5.12. The number of hydrogen-bond donors (Lipinski definition) is 1. The maximum Gasteiger partial charge on any atom is 0.255 e. The molecule has 2 aromatic carbocycles. The van der Waals surface area contributed by atoms with Crippen LogP contribution < -0.4 is 5.32 Å². The number of carbonyl (C=O) groups is 1. The van der Waals surface area contributed by atoms with Crippen LogP contribution in [0.4, 0.5) is 5.69 Å². The van der Waals surface area contributed by atoms with Gasteiger partial charge >= 0.3 is 0 Å². The first-order valence-corrected chi connectivity index (χ1v) is 8.92. The van der Waals surface area contributed by atoms with Crippen molar-refractivity contribution in [1.82, 2.24) is 9.97 Å². The number of anilines is 1. The van der Waals surface area contributed by atoms with Gasteiger partial charge in [-0.3, -0.25) is 4.79 Å². The lowest BCUT2D eigenvalue weighted by Gasteiger charge is -2.11. The van der Waals surface area contributed by atoms with Crippen LogP contribution in [0.3, 0.4) is 0 Å². The topological polar surface area (TPSA) is 64.1 Å². The molecule has 0 spiro atoms. The third kappa shape index (κ3) is 4.68. The van der Waals surface area contributed by atoms with Crippen LogP contribution in [0.1, 0.15) is 21.5 Å². The summed E-state index contributed by atoms with van der Waals surface area (Å²) in [4.78, 5) is 22.0. The first kappa shape index (κ1) is 18.1. The molecule has 132 valence electrons. The van der Waals surface area contributed by atoms with Crippen molar-refractivity contribution in [2.24, 2.45) is 0 Å². The van der Waals surface area contributed by atoms with Crippen LogP contribution in [0.5, 0.6) is 0 Å². The fourth-order valence-corrected chi connectivity index (χ4v) is 3.26. The Hall–Kier alpha value is -2.70. The van der Waals surface area contributed by atoms with Crippen molar-refractivity contribution in [3.8, 4) is 0 Å². The van der Waals surface area contributed by atoms with Gasteiger partial charge in [0.25, 0.3) is 5.91 Å². The molecule has 0 radical (unpaired) electrons. The summed E-state index contributed by atoms with van der Waals surface area (Å²) in [6, 6.07) is 15.1. The van der Waals surface area contributed by atoms with Crippen LogP contribution in [-0.2, 0) is 11.3 Å². The predicted octanol–water partition coefficient (Wildman–Crippen LogP) is 4.33. The number of ether oxygens (including phenoxy) is 1. The highest BCUT2D eigenvalue weighted by molar-refractivity contribution is 7.99. The second-order valence-electron chi connectivity index (χ2n) is 5.70. The van der Waals surface area contributed by atoms with Crippen LogP contribution in [0.2, 0.25) is 0 Å². The van der Waals surface area contributed by atoms with Crippen molar-refractivity contribution in [2.75, 3.05) is 12.4 Å². The molecule has 0 aliphatic heterocycles. The summed E-state index contributed by atoms with van der Waals surface area (Å²) in [6.07, 6.45) is 3.43. The SMILES string of the molecule is COCc1cccc(C(=O)Nc2ccc(Sc3ncccn3)cc2C)c1. The van der Waals surface area contributed by atoms with E-state index >= 15 is 0 Å². The lowest BCUT2D eigenvalue weighted by Crippen LogP contribution is -2.13. The van der Waals surface area contributed by atoms with E-state index in [4.69, 9.17) is 4.74 Å². The molecule has 0 bridgehead atoms. The van der Waals surface area contributed by atoms with E-state index in [1.807, 2.05) is 43.3 Å². The summed E-state index contributed by atoms with van der Waals surface area (Å²) in [5.74, 6) is -0.141. The first-order valence-electron chi connectivity index (χ1n) is 8.10. The maximum atomic E-state index is 12.5. The van der Waals surface area contributed by atoms with Gasteiger partial charge in [-0.25, -0.2) is 9.97 Å². The van der Waals surface area contributed by atoms with E-state index in [9.17, 15) is 4.79 Å². The summed E-state index contributed by atoms with van der Waals surface area (Å²) in [5.41, 5.74) is 3.33. The third-order valence-corrected chi connectivity index (χ3v) is 4.58. The predicted molar refractivity (Wildman–Crippen MR) is 102 cm³/mol. The van der Waals surface area contributed by atoms with Gasteiger partial charge in [-0.15, -0.1) is 0 Å². The molecular formula is C20H19N3O2S. The van der Waals surface area contributed by atoms with Gasteiger partial charge in [-0.05, 0) is 66.2 Å². The molecule has 3 aromatic rings. The molecule has 0 unspecified atom stereocenters. The number of nitrogens with zero attached hydrogens (tertiary/aromatic N) is 2. The minimum atomic E-state index is -0.141. The molecule has 0 atom stereocenters. The van der Waals surface area contributed by atoms with Crippen LogP contribution >= 0.6 is 11.8 Å². The summed E-state index contributed by atoms with van der Waals surface area (Å²) in [6.45, 7) is 2.44. The van der Waals surface area contributed by atoms with Gasteiger partial charge in [0, 0.05) is 35.6 Å². The van der Waals surface area contributed by atoms with E-state index in [0.29, 0.717) is 17.3 Å². The van der Waals surface area contributed by atoms with E-state index in [1.165, 1.54) is 11.8 Å². The number of rotatable bonds is 6. The number of nitrogens with one attached hydrogen (secondary N) is 1. The lowest BCUT2D eigenvalue weighted by molar-refractivity contribution is 0.102. The average molecular weight is 365 g/mol. The second-order valence-corrected chi connectivity index (χ2v) is 6.74. The largest absolute Gasteiger partial charge is 0.380 e. The van der Waals surface area contributed by atoms with Crippen molar-refractivity contribution in [3.05, 3.63) is 77.6 Å². The van der Waals surface area contributed by atoms with Crippen LogP contribution in [0.25, 0.3) is 0 Å². The molecule has 0 aliphatic carbocycles. The Balaban J connectivity index is 1.71. The van der Waals surface area contributed by atoms with Gasteiger partial charge < -0.3 is 10.1 Å². The van der Waals surface area contributed by atoms with Gasteiger partial charge in [0.1, 0.15) is 0 Å². The quantitative estimate of drug-likeness (QED) is 0.659. The highest BCUT2D eigenvalue weighted by atomic mass is 32.2. The summed E-state index contributed by atoms with van der Waals surface area (Å²) >= 11 is 1.48. The molecule has 0 saturated carbocycles. The number of benzene rings is 2. The number of methoxy groups -OCH3 is 1. The summed E-state index contributed by atoms with van der Waals surface area (Å²) in [7, 11) is 1.64. The van der Waals surface area contributed by atoms with E-state index in [-0.39, 0.29) is 5.91 Å². The number of aromatic nitrogens is 2. The van der Waals surface area contributed by atoms with Crippen molar-refractivity contribution in [3.63, 3.8) is 0 Å². The molecule has 0 aliphatic rings. The number of aryl methyl sites for hydroxylation is 1. The van der Waals surface area contributed by atoms with Gasteiger partial charge in [0.15, 0.2) is 5.16 Å². The lowest BCUT2D eigenvalue weighted by atomic mass is 10.1. The maximum absolute atomic E-state index is 12.5. The Morgan fingerprint density at radius 2 is 1.92 bits per heavy atom. The second kappa shape index (κ2) is 8.60. The number of carbonyl (C=O) groups excluding carboxylic acids is 1. The van der Waals surface area contributed by atoms with E-state index in [0.717, 1.165) is 21.7 Å². The standard InChI is InChI=1S/C20H19N3O2S/c1-14-11-17(26-20-21-9-4-10-22-20)7-8-18(14)23-19(24)16-6-3-5-15(12-16)13-25-2/h3-12H,13H2,1-2H3,(H,23,24). The van der Waals surface area contributed by atoms with Crippen molar-refractivity contribution < 1.29 is 9.53 Å². The highest BCUT2D eigenvalue weighted by Gasteiger charge is 2.10. The van der Waals surface area contributed by atoms with Crippen LogP contribution in [0, 0.1) is 6.92 Å². The fourth-order valence-electron chi connectivity index (χ4n) is 2.45. The molecule has 26 heavy (non-hydrogen) atoms. The molecule has 1 amide bonds. The fraction of sp³-hybridized carbons (Fsp3) is 0.150. The molecule has 0 fully saturated rings. The zero-order valence-electron chi connectivity index (χ0n) is 14.6. The molecule has 1 heterocycles. The minimum absolute atomic E-state index is 0.141. The van der Waals surface area contributed by atoms with E-state index in [2.05, 4.69) is 15.3 Å². The van der Waals surface area contributed by atoms with Crippen molar-refractivity contribution >= 4 is 23.4 Å². The zero-order valence-corrected chi connectivity index (χ0v) is 15.4. The molecular weight excluding hydrogens is 346 g/mol. The van der Waals surface area contributed by atoms with Crippen LogP contribution in [-0.4, -0.2) is 23.0 Å². The molecule has 0 saturated heterocycles. The summed E-state index contributed by atoms with van der Waals surface area (Å²) in [5, 5.41) is 3.66. The van der Waals surface area contributed by atoms with Crippen LogP contribution in [0.15, 0.2) is 71.0 Å². The zero-order chi connectivity index (χ0) is 18.4. The Labute approximate surface area is 156 Å². The first-order chi connectivity index (χ1) is 12.7. The smallest absolute Gasteiger partial charge is 0.255 e. The third-order valence-electron chi connectivity index (χ3n) is 3.70. The number of hydrogen-bond acceptors (Lipinski definition) is 5. The molecule has 1 N–H and O–H groups in total. The number of amides is 1. The van der Waals surface area contributed by atoms with Crippen molar-refractivity contribution in [2.45, 2.75) is 23.6 Å². The van der Waals surface area contributed by atoms with E-state index < -0.39 is 0 Å². The van der Waals surface area contributed by atoms with E-state index in [1.54, 1.807) is 31.6 Å². The Morgan fingerprint density at radius 1 is 1.12 bits per heavy atom. The Bertz CT molecular complexity index is 901. The normalized spacial score (nSPS) is 10.5. The minimum Gasteiger partial charge on any atom is -0.380 e. The average Bonchev–Trinajstić information content (AvgIpc) is 2.65. The van der Waals surface area contributed by atoms with Gasteiger partial charge in [0.2, 0.25) is 0 Å². The van der Waals surface area contributed by atoms with Gasteiger partial charge in [-0.2, -0.15) is 0 Å². The molecule has 1 aromatic heterocycles.